The molecule has 0 radical (unpaired) electrons. The topological polar surface area (TPSA) is 50.4 Å². The molecule has 116 valence electrons. The number of ether oxygens (including phenoxy) is 1. The highest BCUT2D eigenvalue weighted by Gasteiger charge is 2.18. The lowest BCUT2D eigenvalue weighted by molar-refractivity contribution is -0.127. The van der Waals surface area contributed by atoms with E-state index in [1.165, 1.54) is 0 Å². The lowest BCUT2D eigenvalue weighted by Crippen LogP contribution is -2.36. The van der Waals surface area contributed by atoms with Crippen LogP contribution in [0, 0.1) is 0 Å². The minimum absolute atomic E-state index is 0.144. The maximum absolute atomic E-state index is 11.9. The van der Waals surface area contributed by atoms with Crippen LogP contribution in [0.25, 0.3) is 0 Å². The van der Waals surface area contributed by atoms with Gasteiger partial charge in [-0.3, -0.25) is 4.79 Å². The normalized spacial score (nSPS) is 13.3. The smallest absolute Gasteiger partial charge is 0.261 e. The van der Waals surface area contributed by atoms with Gasteiger partial charge in [0, 0.05) is 22.6 Å². The first-order valence-electron chi connectivity index (χ1n) is 7.07. The molecule has 1 rings (SSSR count). The van der Waals surface area contributed by atoms with Gasteiger partial charge in [-0.05, 0) is 38.6 Å². The van der Waals surface area contributed by atoms with Gasteiger partial charge in [0.05, 0.1) is 0 Å². The molecule has 0 spiro atoms. The molecule has 1 amide bonds. The van der Waals surface area contributed by atoms with Crippen LogP contribution in [0.2, 0.25) is 0 Å². The number of hydrogen-bond acceptors (Lipinski definition) is 3. The van der Waals surface area contributed by atoms with E-state index in [2.05, 4.69) is 47.0 Å². The third kappa shape index (κ3) is 5.52. The summed E-state index contributed by atoms with van der Waals surface area (Å²) in [5, 5.41) is 6.08. The van der Waals surface area contributed by atoms with Gasteiger partial charge in [0.1, 0.15) is 5.75 Å². The highest BCUT2D eigenvalue weighted by atomic mass is 79.9. The van der Waals surface area contributed by atoms with Crippen LogP contribution >= 0.6 is 15.9 Å². The molecule has 4 nitrogen and oxygen atoms in total. The Morgan fingerprint density at radius 1 is 1.48 bits per heavy atom. The van der Waals surface area contributed by atoms with Crippen LogP contribution in [0.5, 0.6) is 5.75 Å². The number of carbonyl (C=O) groups is 1. The molecular formula is C16H23BrN2O2. The first-order valence-corrected chi connectivity index (χ1v) is 7.87. The van der Waals surface area contributed by atoms with Crippen molar-refractivity contribution in [2.75, 3.05) is 13.1 Å². The zero-order valence-electron chi connectivity index (χ0n) is 12.8. The Bertz CT molecular complexity index is 491. The molecule has 0 aliphatic heterocycles. The van der Waals surface area contributed by atoms with Gasteiger partial charge in [0.25, 0.3) is 5.91 Å². The third-order valence-electron chi connectivity index (χ3n) is 3.04. The lowest BCUT2D eigenvalue weighted by Gasteiger charge is -2.21. The third-order valence-corrected chi connectivity index (χ3v) is 3.54. The maximum atomic E-state index is 11.9. The Balaban J connectivity index is 2.86. The largest absolute Gasteiger partial charge is 0.481 e. The second-order valence-electron chi connectivity index (χ2n) is 4.76. The molecule has 5 heteroatoms. The number of carbonyl (C=O) groups excluding carboxylic acids is 1. The Kier molecular flexibility index (Phi) is 7.47. The average Bonchev–Trinajstić information content (AvgIpc) is 2.46. The molecule has 2 unspecified atom stereocenters. The Morgan fingerprint density at radius 3 is 2.81 bits per heavy atom. The van der Waals surface area contributed by atoms with Gasteiger partial charge in [-0.2, -0.15) is 0 Å². The zero-order chi connectivity index (χ0) is 15.8. The van der Waals surface area contributed by atoms with E-state index in [0.29, 0.717) is 12.3 Å². The Morgan fingerprint density at radius 2 is 2.19 bits per heavy atom. The van der Waals surface area contributed by atoms with Gasteiger partial charge in [0.15, 0.2) is 6.10 Å². The summed E-state index contributed by atoms with van der Waals surface area (Å²) in [5.74, 6) is 0.563. The number of hydrogen-bond donors (Lipinski definition) is 2. The van der Waals surface area contributed by atoms with Crippen molar-refractivity contribution in [3.05, 3.63) is 40.9 Å². The number of halogens is 1. The fourth-order valence-electron chi connectivity index (χ4n) is 1.94. The number of benzene rings is 1. The Hall–Kier alpha value is -1.33. The minimum atomic E-state index is -0.557. The van der Waals surface area contributed by atoms with Crippen molar-refractivity contribution < 1.29 is 9.53 Å². The molecule has 0 saturated heterocycles. The van der Waals surface area contributed by atoms with Crippen molar-refractivity contribution in [1.82, 2.24) is 10.6 Å². The minimum Gasteiger partial charge on any atom is -0.481 e. The summed E-state index contributed by atoms with van der Waals surface area (Å²) in [5.41, 5.74) is 1.02. The van der Waals surface area contributed by atoms with E-state index in [4.69, 9.17) is 4.74 Å². The van der Waals surface area contributed by atoms with Crippen molar-refractivity contribution in [1.29, 1.82) is 0 Å². The summed E-state index contributed by atoms with van der Waals surface area (Å²) in [6, 6.07) is 5.94. The zero-order valence-corrected chi connectivity index (χ0v) is 14.4. The summed E-state index contributed by atoms with van der Waals surface area (Å²) in [7, 11) is 0. The van der Waals surface area contributed by atoms with E-state index in [1.54, 1.807) is 13.0 Å². The molecule has 2 atom stereocenters. The molecule has 0 heterocycles. The average molecular weight is 355 g/mol. The fourth-order valence-corrected chi connectivity index (χ4v) is 2.32. The molecule has 2 N–H and O–H groups in total. The summed E-state index contributed by atoms with van der Waals surface area (Å²) in [4.78, 5) is 11.9. The molecule has 0 aliphatic carbocycles. The number of nitrogens with one attached hydrogen (secondary N) is 2. The molecule has 1 aromatic rings. The molecule has 0 bridgehead atoms. The van der Waals surface area contributed by atoms with Crippen LogP contribution in [0.3, 0.4) is 0 Å². The number of amides is 1. The predicted octanol–water partition coefficient (Wildman–Crippen LogP) is 3.19. The van der Waals surface area contributed by atoms with Crippen LogP contribution in [0.1, 0.15) is 32.4 Å². The van der Waals surface area contributed by atoms with E-state index in [9.17, 15) is 4.79 Å². The number of rotatable bonds is 8. The predicted molar refractivity (Wildman–Crippen MR) is 89.5 cm³/mol. The van der Waals surface area contributed by atoms with Crippen LogP contribution in [0.15, 0.2) is 35.3 Å². The fraction of sp³-hybridized carbons (Fsp3) is 0.438. The van der Waals surface area contributed by atoms with E-state index in [-0.39, 0.29) is 11.9 Å². The Labute approximate surface area is 135 Å². The summed E-state index contributed by atoms with van der Waals surface area (Å²) in [6.07, 6.45) is 1.09. The van der Waals surface area contributed by atoms with Crippen LogP contribution in [0.4, 0.5) is 0 Å². The molecule has 0 fully saturated rings. The molecule has 21 heavy (non-hydrogen) atoms. The van der Waals surface area contributed by atoms with Gasteiger partial charge >= 0.3 is 0 Å². The van der Waals surface area contributed by atoms with Gasteiger partial charge in [-0.1, -0.05) is 28.9 Å². The molecule has 0 aromatic heterocycles. The van der Waals surface area contributed by atoms with Crippen molar-refractivity contribution in [2.45, 2.75) is 32.9 Å². The van der Waals surface area contributed by atoms with Crippen molar-refractivity contribution in [3.63, 3.8) is 0 Å². The van der Waals surface area contributed by atoms with Gasteiger partial charge < -0.3 is 15.4 Å². The van der Waals surface area contributed by atoms with E-state index >= 15 is 0 Å². The molecule has 0 saturated carbocycles. The summed E-state index contributed by atoms with van der Waals surface area (Å²) in [6.45, 7) is 10.7. The van der Waals surface area contributed by atoms with Gasteiger partial charge in [0.2, 0.25) is 0 Å². The van der Waals surface area contributed by atoms with Crippen molar-refractivity contribution >= 4 is 21.8 Å². The van der Waals surface area contributed by atoms with E-state index < -0.39 is 6.10 Å². The summed E-state index contributed by atoms with van der Waals surface area (Å²) >= 11 is 3.47. The van der Waals surface area contributed by atoms with E-state index in [1.807, 2.05) is 18.2 Å². The van der Waals surface area contributed by atoms with Crippen molar-refractivity contribution in [3.8, 4) is 5.75 Å². The van der Waals surface area contributed by atoms with E-state index in [0.717, 1.165) is 16.6 Å². The van der Waals surface area contributed by atoms with Gasteiger partial charge in [-0.25, -0.2) is 0 Å². The van der Waals surface area contributed by atoms with Crippen LogP contribution < -0.4 is 15.4 Å². The second-order valence-corrected chi connectivity index (χ2v) is 5.67. The SMILES string of the molecule is C=CCNC(=O)C(C)Oc1ccc(Br)cc1C(C)NCC. The summed E-state index contributed by atoms with van der Waals surface area (Å²) < 4.78 is 6.80. The molecule has 1 aromatic carbocycles. The van der Waals surface area contributed by atoms with Crippen LogP contribution in [-0.4, -0.2) is 25.1 Å². The van der Waals surface area contributed by atoms with Gasteiger partial charge in [-0.15, -0.1) is 6.58 Å². The second kappa shape index (κ2) is 8.85. The standard InChI is InChI=1S/C16H23BrN2O2/c1-5-9-19-16(20)12(4)21-15-8-7-13(17)10-14(15)11(3)18-6-2/h5,7-8,10-12,18H,1,6,9H2,2-4H3,(H,19,20). The highest BCUT2D eigenvalue weighted by Crippen LogP contribution is 2.29. The quantitative estimate of drug-likeness (QED) is 0.704. The molecular weight excluding hydrogens is 332 g/mol. The maximum Gasteiger partial charge on any atom is 0.261 e. The highest BCUT2D eigenvalue weighted by molar-refractivity contribution is 9.10. The first-order chi connectivity index (χ1) is 9.99. The van der Waals surface area contributed by atoms with Crippen molar-refractivity contribution in [2.24, 2.45) is 0 Å². The van der Waals surface area contributed by atoms with Crippen LogP contribution in [-0.2, 0) is 4.79 Å². The monoisotopic (exact) mass is 354 g/mol. The molecule has 0 aliphatic rings. The first kappa shape index (κ1) is 17.7. The lowest BCUT2D eigenvalue weighted by atomic mass is 10.1.